The Bertz CT molecular complexity index is 314. The average Bonchev–Trinajstić information content (AvgIpc) is 2.18. The van der Waals surface area contributed by atoms with Crippen LogP contribution in [-0.2, 0) is 6.42 Å². The zero-order valence-electron chi connectivity index (χ0n) is 8.92. The molecule has 0 amide bonds. The molecule has 2 heteroatoms. The highest BCUT2D eigenvalue weighted by atomic mass is 35.5. The second kappa shape index (κ2) is 5.06. The third-order valence-electron chi connectivity index (χ3n) is 2.06. The smallest absolute Gasteiger partial charge is 0.103 e. The minimum absolute atomic E-state index is 0.828. The van der Waals surface area contributed by atoms with Crippen LogP contribution in [0.4, 0.5) is 0 Å². The number of hydrogen-bond acceptors (Lipinski definition) is 1. The van der Waals surface area contributed by atoms with Gasteiger partial charge in [-0.25, -0.2) is 0 Å². The molecule has 1 aromatic rings. The van der Waals surface area contributed by atoms with Crippen molar-refractivity contribution in [2.45, 2.75) is 13.3 Å². The molecule has 0 N–H and O–H groups in total. The molecule has 0 unspecified atom stereocenters. The molecular weight excluding hydrogens is 194 g/mol. The molecule has 0 aliphatic rings. The van der Waals surface area contributed by atoms with Gasteiger partial charge in [-0.2, -0.15) is 0 Å². The maximum atomic E-state index is 6.12. The first kappa shape index (κ1) is 11.1. The fourth-order valence-electron chi connectivity index (χ4n) is 1.36. The van der Waals surface area contributed by atoms with Crippen LogP contribution in [0.25, 0.3) is 0 Å². The van der Waals surface area contributed by atoms with Gasteiger partial charge in [-0.05, 0) is 24.5 Å². The van der Waals surface area contributed by atoms with Gasteiger partial charge in [-0.15, -0.1) is 0 Å². The molecule has 0 fully saturated rings. The summed E-state index contributed by atoms with van der Waals surface area (Å²) in [5.74, 6) is 0. The number of hydrogen-bond donors (Lipinski definition) is 0. The Morgan fingerprint density at radius 3 is 2.29 bits per heavy atom. The molecule has 0 saturated heterocycles. The van der Waals surface area contributed by atoms with E-state index in [0.717, 1.165) is 11.6 Å². The van der Waals surface area contributed by atoms with Crippen LogP contribution in [0.1, 0.15) is 12.5 Å². The van der Waals surface area contributed by atoms with Crippen molar-refractivity contribution < 1.29 is 0 Å². The third kappa shape index (κ3) is 3.08. The van der Waals surface area contributed by atoms with Gasteiger partial charge in [0.1, 0.15) is 5.16 Å². The number of benzene rings is 1. The summed E-state index contributed by atoms with van der Waals surface area (Å²) >= 11 is 6.12. The van der Waals surface area contributed by atoms with Crippen molar-refractivity contribution in [2.75, 3.05) is 14.1 Å². The summed E-state index contributed by atoms with van der Waals surface area (Å²) in [6, 6.07) is 10.3. The van der Waals surface area contributed by atoms with Crippen LogP contribution in [0.3, 0.4) is 0 Å². The number of halogens is 1. The summed E-state index contributed by atoms with van der Waals surface area (Å²) in [5.41, 5.74) is 2.49. The van der Waals surface area contributed by atoms with Crippen LogP contribution in [-0.4, -0.2) is 19.0 Å². The predicted molar refractivity (Wildman–Crippen MR) is 62.4 cm³/mol. The first-order chi connectivity index (χ1) is 6.61. The van der Waals surface area contributed by atoms with Crippen molar-refractivity contribution >= 4 is 11.6 Å². The Balaban J connectivity index is 2.75. The predicted octanol–water partition coefficient (Wildman–Crippen LogP) is 3.26. The second-order valence-corrected chi connectivity index (χ2v) is 3.99. The molecule has 0 aromatic heterocycles. The summed E-state index contributed by atoms with van der Waals surface area (Å²) in [6.45, 7) is 2.06. The van der Waals surface area contributed by atoms with Crippen molar-refractivity contribution in [2.24, 2.45) is 0 Å². The van der Waals surface area contributed by atoms with Gasteiger partial charge in [0.25, 0.3) is 0 Å². The van der Waals surface area contributed by atoms with E-state index in [2.05, 4.69) is 19.1 Å². The Morgan fingerprint density at radius 1 is 1.21 bits per heavy atom. The molecule has 1 nitrogen and oxygen atoms in total. The van der Waals surface area contributed by atoms with Crippen LogP contribution in [0.5, 0.6) is 0 Å². The van der Waals surface area contributed by atoms with E-state index >= 15 is 0 Å². The molecule has 0 aliphatic heterocycles. The van der Waals surface area contributed by atoms with Gasteiger partial charge < -0.3 is 4.90 Å². The van der Waals surface area contributed by atoms with Gasteiger partial charge in [-0.3, -0.25) is 0 Å². The summed E-state index contributed by atoms with van der Waals surface area (Å²) < 4.78 is 0. The maximum Gasteiger partial charge on any atom is 0.103 e. The van der Waals surface area contributed by atoms with E-state index in [0.29, 0.717) is 0 Å². The average molecular weight is 210 g/mol. The van der Waals surface area contributed by atoms with E-state index < -0.39 is 0 Å². The molecular formula is C12H16ClN. The highest BCUT2D eigenvalue weighted by molar-refractivity contribution is 6.29. The standard InChI is InChI=1S/C12H16ClN/c1-10(12(13)14(2)3)9-11-7-5-4-6-8-11/h4-8H,9H2,1-3H3. The highest BCUT2D eigenvalue weighted by Crippen LogP contribution is 2.16. The normalized spacial score (nSPS) is 12.3. The van der Waals surface area contributed by atoms with Crippen LogP contribution >= 0.6 is 11.6 Å². The number of rotatable bonds is 3. The van der Waals surface area contributed by atoms with Gasteiger partial charge in [0, 0.05) is 14.1 Å². The van der Waals surface area contributed by atoms with Crippen molar-refractivity contribution in [1.82, 2.24) is 4.90 Å². The van der Waals surface area contributed by atoms with Gasteiger partial charge >= 0.3 is 0 Å². The van der Waals surface area contributed by atoms with E-state index in [4.69, 9.17) is 11.6 Å². The zero-order valence-corrected chi connectivity index (χ0v) is 9.67. The molecule has 1 aromatic carbocycles. The maximum absolute atomic E-state index is 6.12. The first-order valence-corrected chi connectivity index (χ1v) is 5.05. The zero-order chi connectivity index (χ0) is 10.6. The molecule has 0 heterocycles. The molecule has 76 valence electrons. The lowest BCUT2D eigenvalue weighted by Gasteiger charge is -2.14. The number of allylic oxidation sites excluding steroid dienone is 1. The van der Waals surface area contributed by atoms with E-state index in [-0.39, 0.29) is 0 Å². The topological polar surface area (TPSA) is 3.24 Å². The molecule has 1 rings (SSSR count). The Hall–Kier alpha value is -0.950. The SMILES string of the molecule is CC(Cc1ccccc1)=C(Cl)N(C)C. The van der Waals surface area contributed by atoms with Gasteiger partial charge in [0.05, 0.1) is 0 Å². The molecule has 14 heavy (non-hydrogen) atoms. The summed E-state index contributed by atoms with van der Waals surface area (Å²) in [7, 11) is 3.91. The van der Waals surface area contributed by atoms with Crippen LogP contribution in [0.2, 0.25) is 0 Å². The van der Waals surface area contributed by atoms with E-state index in [1.807, 2.05) is 37.2 Å². The largest absolute Gasteiger partial charge is 0.369 e. The van der Waals surface area contributed by atoms with Gasteiger partial charge in [-0.1, -0.05) is 41.9 Å². The summed E-state index contributed by atoms with van der Waals surface area (Å²) in [6.07, 6.45) is 0.915. The Kier molecular flexibility index (Phi) is 4.02. The lowest BCUT2D eigenvalue weighted by molar-refractivity contribution is 0.539. The third-order valence-corrected chi connectivity index (χ3v) is 2.72. The van der Waals surface area contributed by atoms with Gasteiger partial charge in [0.2, 0.25) is 0 Å². The molecule has 0 aliphatic carbocycles. The molecule has 0 saturated carbocycles. The van der Waals surface area contributed by atoms with E-state index in [9.17, 15) is 0 Å². The van der Waals surface area contributed by atoms with Crippen molar-refractivity contribution in [3.63, 3.8) is 0 Å². The minimum Gasteiger partial charge on any atom is -0.369 e. The van der Waals surface area contributed by atoms with Crippen molar-refractivity contribution in [3.8, 4) is 0 Å². The van der Waals surface area contributed by atoms with Crippen molar-refractivity contribution in [1.29, 1.82) is 0 Å². The molecule has 0 bridgehead atoms. The molecule has 0 radical (unpaired) electrons. The summed E-state index contributed by atoms with van der Waals surface area (Å²) in [5, 5.41) is 0.828. The van der Waals surface area contributed by atoms with E-state index in [1.165, 1.54) is 11.1 Å². The first-order valence-electron chi connectivity index (χ1n) is 4.67. The van der Waals surface area contributed by atoms with Crippen molar-refractivity contribution in [3.05, 3.63) is 46.6 Å². The molecule has 0 atom stereocenters. The Labute approximate surface area is 91.0 Å². The van der Waals surface area contributed by atoms with Crippen LogP contribution in [0, 0.1) is 0 Å². The van der Waals surface area contributed by atoms with Crippen LogP contribution < -0.4 is 0 Å². The molecule has 0 spiro atoms. The second-order valence-electron chi connectivity index (χ2n) is 3.63. The lowest BCUT2D eigenvalue weighted by atomic mass is 10.1. The van der Waals surface area contributed by atoms with Crippen LogP contribution in [0.15, 0.2) is 41.1 Å². The monoisotopic (exact) mass is 209 g/mol. The van der Waals surface area contributed by atoms with E-state index in [1.54, 1.807) is 0 Å². The fraction of sp³-hybridized carbons (Fsp3) is 0.333. The lowest BCUT2D eigenvalue weighted by Crippen LogP contribution is -2.09. The fourth-order valence-corrected chi connectivity index (χ4v) is 1.42. The number of nitrogens with zero attached hydrogens (tertiary/aromatic N) is 1. The highest BCUT2D eigenvalue weighted by Gasteiger charge is 2.02. The Morgan fingerprint density at radius 2 is 1.79 bits per heavy atom. The summed E-state index contributed by atoms with van der Waals surface area (Å²) in [4.78, 5) is 1.93. The van der Waals surface area contributed by atoms with Gasteiger partial charge in [0.15, 0.2) is 0 Å². The minimum atomic E-state index is 0.828. The quantitative estimate of drug-likeness (QED) is 0.691.